The maximum absolute atomic E-state index is 11.4. The highest BCUT2D eigenvalue weighted by molar-refractivity contribution is 8.14. The lowest BCUT2D eigenvalue weighted by atomic mass is 10.1. The molecule has 0 saturated carbocycles. The summed E-state index contributed by atoms with van der Waals surface area (Å²) in [6.07, 6.45) is 0.945. The van der Waals surface area contributed by atoms with Crippen molar-refractivity contribution in [2.75, 3.05) is 25.5 Å². The van der Waals surface area contributed by atoms with Gasteiger partial charge in [-0.25, -0.2) is 4.79 Å². The number of aliphatic imine (C=N–C) groups is 1. The monoisotopic (exact) mass is 374 g/mol. The molecule has 0 spiro atoms. The first-order valence-electron chi connectivity index (χ1n) is 8.79. The summed E-state index contributed by atoms with van der Waals surface area (Å²) in [7, 11) is 0. The number of benzene rings is 1. The van der Waals surface area contributed by atoms with Crippen LogP contribution in [-0.2, 0) is 4.74 Å². The lowest BCUT2D eigenvalue weighted by Crippen LogP contribution is -2.48. The molecular formula is C17H22N6O2S. The van der Waals surface area contributed by atoms with Crippen LogP contribution in [0.1, 0.15) is 18.9 Å². The Bertz CT molecular complexity index is 896. The van der Waals surface area contributed by atoms with Crippen LogP contribution < -0.4 is 16.4 Å². The molecule has 4 rings (SSSR count). The van der Waals surface area contributed by atoms with Crippen LogP contribution in [0.3, 0.4) is 0 Å². The quantitative estimate of drug-likeness (QED) is 0.639. The van der Waals surface area contributed by atoms with Gasteiger partial charge in [0, 0.05) is 17.9 Å². The molecule has 0 radical (unpaired) electrons. The number of H-pyrrole nitrogens is 2. The number of nitrogens with zero attached hydrogens (tertiary/aromatic N) is 2. The van der Waals surface area contributed by atoms with E-state index in [4.69, 9.17) is 9.73 Å². The third kappa shape index (κ3) is 3.69. The van der Waals surface area contributed by atoms with Crippen LogP contribution in [0.25, 0.3) is 11.0 Å². The minimum Gasteiger partial charge on any atom is -0.378 e. The van der Waals surface area contributed by atoms with E-state index in [9.17, 15) is 4.79 Å². The van der Waals surface area contributed by atoms with Crippen molar-refractivity contribution in [2.24, 2.45) is 10.1 Å². The van der Waals surface area contributed by atoms with Gasteiger partial charge in [0.05, 0.1) is 42.0 Å². The van der Waals surface area contributed by atoms with E-state index in [1.54, 1.807) is 11.8 Å². The molecule has 0 bridgehead atoms. The second-order valence-electron chi connectivity index (χ2n) is 6.34. The third-order valence-electron chi connectivity index (χ3n) is 4.60. The van der Waals surface area contributed by atoms with Crippen molar-refractivity contribution in [2.45, 2.75) is 25.4 Å². The molecule has 4 N–H and O–H groups in total. The van der Waals surface area contributed by atoms with E-state index in [0.29, 0.717) is 6.61 Å². The van der Waals surface area contributed by atoms with Crippen LogP contribution in [0.5, 0.6) is 0 Å². The summed E-state index contributed by atoms with van der Waals surface area (Å²) >= 11 is 1.64. The van der Waals surface area contributed by atoms with Crippen molar-refractivity contribution >= 4 is 33.7 Å². The van der Waals surface area contributed by atoms with Crippen molar-refractivity contribution < 1.29 is 4.74 Å². The van der Waals surface area contributed by atoms with Crippen LogP contribution in [0, 0.1) is 0 Å². The van der Waals surface area contributed by atoms with Gasteiger partial charge in [-0.15, -0.1) is 0 Å². The van der Waals surface area contributed by atoms with Gasteiger partial charge in [-0.05, 0) is 18.6 Å². The number of hydrogen-bond donors (Lipinski definition) is 4. The van der Waals surface area contributed by atoms with E-state index in [1.165, 1.54) is 0 Å². The van der Waals surface area contributed by atoms with E-state index < -0.39 is 0 Å². The van der Waals surface area contributed by atoms with Gasteiger partial charge in [-0.1, -0.05) is 24.8 Å². The first-order valence-corrected chi connectivity index (χ1v) is 9.78. The van der Waals surface area contributed by atoms with Crippen molar-refractivity contribution in [1.82, 2.24) is 20.7 Å². The Morgan fingerprint density at radius 1 is 1.38 bits per heavy atom. The molecule has 9 heteroatoms. The van der Waals surface area contributed by atoms with Gasteiger partial charge in [-0.3, -0.25) is 10.4 Å². The zero-order chi connectivity index (χ0) is 17.9. The van der Waals surface area contributed by atoms with Crippen LogP contribution in [0.2, 0.25) is 0 Å². The molecule has 0 amide bonds. The Morgan fingerprint density at radius 3 is 3.00 bits per heavy atom. The van der Waals surface area contributed by atoms with E-state index in [-0.39, 0.29) is 17.8 Å². The average Bonchev–Trinajstić information content (AvgIpc) is 3.06. The summed E-state index contributed by atoms with van der Waals surface area (Å²) in [5, 5.41) is 8.80. The summed E-state index contributed by atoms with van der Waals surface area (Å²) in [5.41, 5.74) is 6.38. The number of amidine groups is 1. The molecule has 8 nitrogen and oxygen atoms in total. The molecule has 2 aliphatic heterocycles. The van der Waals surface area contributed by atoms with Gasteiger partial charge in [0.1, 0.15) is 0 Å². The number of hydrazone groups is 1. The molecule has 2 aliphatic rings. The normalized spacial score (nSPS) is 23.7. The van der Waals surface area contributed by atoms with E-state index in [2.05, 4.69) is 32.7 Å². The Kier molecular flexibility index (Phi) is 5.09. The van der Waals surface area contributed by atoms with Crippen LogP contribution in [-0.4, -0.2) is 58.4 Å². The zero-order valence-corrected chi connectivity index (χ0v) is 15.4. The Labute approximate surface area is 154 Å². The first-order chi connectivity index (χ1) is 12.7. The van der Waals surface area contributed by atoms with Crippen molar-refractivity contribution in [3.05, 3.63) is 34.2 Å². The highest BCUT2D eigenvalue weighted by Crippen LogP contribution is 2.18. The lowest BCUT2D eigenvalue weighted by molar-refractivity contribution is 0.0684. The van der Waals surface area contributed by atoms with Gasteiger partial charge >= 0.3 is 5.69 Å². The highest BCUT2D eigenvalue weighted by atomic mass is 32.2. The molecular weight excluding hydrogens is 352 g/mol. The molecule has 2 unspecified atom stereocenters. The first kappa shape index (κ1) is 17.3. The second kappa shape index (κ2) is 7.65. The number of ether oxygens (including phenoxy) is 1. The van der Waals surface area contributed by atoms with Gasteiger partial charge in [0.15, 0.2) is 5.17 Å². The molecule has 1 fully saturated rings. The Balaban J connectivity index is 1.48. The number of rotatable bonds is 4. The summed E-state index contributed by atoms with van der Waals surface area (Å²) < 4.78 is 5.55. The fraction of sp³-hybridized carbons (Fsp3) is 0.471. The highest BCUT2D eigenvalue weighted by Gasteiger charge is 2.23. The van der Waals surface area contributed by atoms with Gasteiger partial charge in [0.2, 0.25) is 0 Å². The molecule has 26 heavy (non-hydrogen) atoms. The second-order valence-corrected chi connectivity index (χ2v) is 7.31. The predicted molar refractivity (Wildman–Crippen MR) is 105 cm³/mol. The number of morpholine rings is 1. The average molecular weight is 374 g/mol. The van der Waals surface area contributed by atoms with E-state index >= 15 is 0 Å². The number of imidazole rings is 1. The predicted octanol–water partition coefficient (Wildman–Crippen LogP) is 1.02. The van der Waals surface area contributed by atoms with Crippen molar-refractivity contribution in [1.29, 1.82) is 0 Å². The number of fused-ring (bicyclic) bond motifs is 1. The summed E-state index contributed by atoms with van der Waals surface area (Å²) in [6.45, 7) is 4.48. The van der Waals surface area contributed by atoms with Crippen molar-refractivity contribution in [3.63, 3.8) is 0 Å². The summed E-state index contributed by atoms with van der Waals surface area (Å²) in [5.74, 6) is 0.733. The Morgan fingerprint density at radius 2 is 2.27 bits per heavy atom. The maximum atomic E-state index is 11.4. The van der Waals surface area contributed by atoms with Gasteiger partial charge in [-0.2, -0.15) is 5.10 Å². The number of nitrogens with one attached hydrogen (secondary N) is 4. The fourth-order valence-corrected chi connectivity index (χ4v) is 4.02. The molecule has 2 aromatic rings. The Hall–Kier alpha value is -2.10. The number of hydrogen-bond acceptors (Lipinski definition) is 6. The SMILES string of the molecule is CCC(N=C1NN=C(c2ccc3[nH]c(=O)[nH]c3c2)CS1)C1COCCN1. The molecule has 1 saturated heterocycles. The van der Waals surface area contributed by atoms with Crippen LogP contribution >= 0.6 is 11.8 Å². The lowest BCUT2D eigenvalue weighted by Gasteiger charge is -2.29. The third-order valence-corrected chi connectivity index (χ3v) is 5.49. The minimum absolute atomic E-state index is 0.170. The number of aromatic amines is 2. The zero-order valence-electron chi connectivity index (χ0n) is 14.5. The van der Waals surface area contributed by atoms with Gasteiger partial charge < -0.3 is 20.0 Å². The van der Waals surface area contributed by atoms with E-state index in [1.807, 2.05) is 18.2 Å². The summed E-state index contributed by atoms with van der Waals surface area (Å²) in [4.78, 5) is 21.7. The maximum Gasteiger partial charge on any atom is 0.323 e. The van der Waals surface area contributed by atoms with E-state index in [0.717, 1.165) is 52.8 Å². The molecule has 138 valence electrons. The molecule has 2 atom stereocenters. The van der Waals surface area contributed by atoms with Crippen molar-refractivity contribution in [3.8, 4) is 0 Å². The van der Waals surface area contributed by atoms with Crippen LogP contribution in [0.4, 0.5) is 0 Å². The topological polar surface area (TPSA) is 107 Å². The minimum atomic E-state index is -0.199. The molecule has 1 aromatic heterocycles. The van der Waals surface area contributed by atoms with Crippen LogP contribution in [0.15, 0.2) is 33.1 Å². The fourth-order valence-electron chi connectivity index (χ4n) is 3.19. The largest absolute Gasteiger partial charge is 0.378 e. The molecule has 0 aliphatic carbocycles. The molecule has 3 heterocycles. The van der Waals surface area contributed by atoms with Gasteiger partial charge in [0.25, 0.3) is 0 Å². The number of aromatic nitrogens is 2. The smallest absolute Gasteiger partial charge is 0.323 e. The summed E-state index contributed by atoms with van der Waals surface area (Å²) in [6, 6.07) is 6.22. The standard InChI is InChI=1S/C17H22N6O2S/c1-2-11(14-8-25-6-5-18-14)21-17-23-22-15(9-26-17)10-3-4-12-13(7-10)20-16(24)19-12/h3-4,7,11,14,18H,2,5-6,8-9H2,1H3,(H,21,23)(H2,19,20,24). The number of thioether (sulfide) groups is 1. The molecule has 1 aromatic carbocycles.